The molecular formula is C13H11NO2Se. The van der Waals surface area contributed by atoms with E-state index in [1.165, 1.54) is 6.08 Å². The van der Waals surface area contributed by atoms with Crippen LogP contribution in [0.5, 0.6) is 0 Å². The number of hydrogen-bond acceptors (Lipinski definition) is 2. The molecule has 86 valence electrons. The summed E-state index contributed by atoms with van der Waals surface area (Å²) in [6, 6.07) is 9.21. The normalized spacial score (nSPS) is 18.8. The Morgan fingerprint density at radius 1 is 1.29 bits per heavy atom. The van der Waals surface area contributed by atoms with E-state index in [4.69, 9.17) is 0 Å². The van der Waals surface area contributed by atoms with Gasteiger partial charge in [0.1, 0.15) is 0 Å². The molecule has 0 heterocycles. The maximum absolute atomic E-state index is 12.0. The SMILES string of the molecule is O=C(Nc1ccccc1)C1=C[C@@H](O)C=CC1=[Se]. The van der Waals surface area contributed by atoms with Crippen molar-refractivity contribution in [3.8, 4) is 0 Å². The van der Waals surface area contributed by atoms with E-state index < -0.39 is 6.10 Å². The third-order valence-corrected chi connectivity index (χ3v) is 3.07. The Balaban J connectivity index is 2.13. The monoisotopic (exact) mass is 293 g/mol. The zero-order valence-electron chi connectivity index (χ0n) is 8.96. The molecule has 17 heavy (non-hydrogen) atoms. The molecule has 1 amide bonds. The first-order chi connectivity index (χ1) is 8.16. The first-order valence-electron chi connectivity index (χ1n) is 5.15. The van der Waals surface area contributed by atoms with Crippen LogP contribution in [0.3, 0.4) is 0 Å². The number of amides is 1. The fourth-order valence-corrected chi connectivity index (χ4v) is 1.99. The number of carbonyl (C=O) groups excluding carboxylic acids is 1. The average Bonchev–Trinajstić information content (AvgIpc) is 2.33. The molecule has 1 aliphatic rings. The van der Waals surface area contributed by atoms with Crippen molar-refractivity contribution < 1.29 is 9.90 Å². The third-order valence-electron chi connectivity index (χ3n) is 2.32. The van der Waals surface area contributed by atoms with Crippen molar-refractivity contribution in [2.75, 3.05) is 5.32 Å². The summed E-state index contributed by atoms with van der Waals surface area (Å²) in [6.45, 7) is 0. The van der Waals surface area contributed by atoms with Gasteiger partial charge in [0.15, 0.2) is 0 Å². The number of anilines is 1. The molecule has 1 aliphatic carbocycles. The zero-order chi connectivity index (χ0) is 12.3. The summed E-state index contributed by atoms with van der Waals surface area (Å²) in [5, 5.41) is 12.2. The topological polar surface area (TPSA) is 49.3 Å². The van der Waals surface area contributed by atoms with Crippen LogP contribution >= 0.6 is 0 Å². The van der Waals surface area contributed by atoms with Crippen molar-refractivity contribution in [1.82, 2.24) is 0 Å². The quantitative estimate of drug-likeness (QED) is 0.793. The van der Waals surface area contributed by atoms with E-state index >= 15 is 0 Å². The molecule has 0 aromatic heterocycles. The number of benzene rings is 1. The molecule has 0 saturated heterocycles. The van der Waals surface area contributed by atoms with Gasteiger partial charge in [-0.2, -0.15) is 0 Å². The number of aliphatic hydroxyl groups excluding tert-OH is 1. The van der Waals surface area contributed by atoms with Crippen molar-refractivity contribution in [3.05, 3.63) is 54.1 Å². The summed E-state index contributed by atoms with van der Waals surface area (Å²) in [5.41, 5.74) is 1.19. The second-order valence-corrected chi connectivity index (χ2v) is 4.54. The molecule has 1 aromatic carbocycles. The molecule has 0 radical (unpaired) electrons. The zero-order valence-corrected chi connectivity index (χ0v) is 10.7. The summed E-state index contributed by atoms with van der Waals surface area (Å²) in [4.78, 5) is 12.0. The van der Waals surface area contributed by atoms with E-state index in [1.54, 1.807) is 12.2 Å². The summed E-state index contributed by atoms with van der Waals surface area (Å²) in [6.07, 6.45) is 4.13. The number of aliphatic hydroxyl groups is 1. The van der Waals surface area contributed by atoms with Crippen LogP contribution in [-0.4, -0.2) is 37.1 Å². The Morgan fingerprint density at radius 3 is 2.71 bits per heavy atom. The Bertz CT molecular complexity index is 505. The molecule has 0 fully saturated rings. The van der Waals surface area contributed by atoms with E-state index in [1.807, 2.05) is 30.3 Å². The Kier molecular flexibility index (Phi) is 3.69. The average molecular weight is 292 g/mol. The van der Waals surface area contributed by atoms with Gasteiger partial charge >= 0.3 is 107 Å². The van der Waals surface area contributed by atoms with E-state index in [0.717, 1.165) is 10.1 Å². The molecule has 1 atom stereocenters. The van der Waals surface area contributed by atoms with Crippen LogP contribution in [0.25, 0.3) is 0 Å². The van der Waals surface area contributed by atoms with Gasteiger partial charge in [0.05, 0.1) is 0 Å². The van der Waals surface area contributed by atoms with E-state index in [-0.39, 0.29) is 5.91 Å². The van der Waals surface area contributed by atoms with Gasteiger partial charge in [-0.3, -0.25) is 0 Å². The number of para-hydroxylation sites is 1. The molecular weight excluding hydrogens is 281 g/mol. The number of rotatable bonds is 2. The number of nitrogens with one attached hydrogen (secondary N) is 1. The Hall–Kier alpha value is -1.48. The van der Waals surface area contributed by atoms with Crippen LogP contribution in [0.15, 0.2) is 54.1 Å². The first-order valence-corrected chi connectivity index (χ1v) is 6.01. The van der Waals surface area contributed by atoms with E-state index in [9.17, 15) is 9.90 Å². The molecule has 0 aliphatic heterocycles. The summed E-state index contributed by atoms with van der Waals surface area (Å²) in [5.74, 6) is -0.228. The van der Waals surface area contributed by atoms with Crippen LogP contribution in [0.2, 0.25) is 0 Å². The van der Waals surface area contributed by atoms with Gasteiger partial charge in [-0.05, 0) is 0 Å². The molecule has 2 N–H and O–H groups in total. The molecule has 2 rings (SSSR count). The Labute approximate surface area is 107 Å². The first kappa shape index (κ1) is 12.0. The number of hydrogen-bond donors (Lipinski definition) is 2. The standard InChI is InChI=1S/C13H11NO2Se/c15-10-6-7-12(17)11(8-10)13(16)14-9-4-2-1-3-5-9/h1-8,10,15H,(H,14,16)/t10-/m0/s1. The van der Waals surface area contributed by atoms with Gasteiger partial charge in [-0.25, -0.2) is 0 Å². The molecule has 0 unspecified atom stereocenters. The fourth-order valence-electron chi connectivity index (χ4n) is 1.49. The van der Waals surface area contributed by atoms with Crippen molar-refractivity contribution in [1.29, 1.82) is 0 Å². The van der Waals surface area contributed by atoms with Crippen LogP contribution in [0, 0.1) is 0 Å². The van der Waals surface area contributed by atoms with Crippen molar-refractivity contribution in [3.63, 3.8) is 0 Å². The third kappa shape index (κ3) is 3.00. The second-order valence-electron chi connectivity index (χ2n) is 3.61. The van der Waals surface area contributed by atoms with Gasteiger partial charge in [0, 0.05) is 0 Å². The molecule has 1 aromatic rings. The Morgan fingerprint density at radius 2 is 2.00 bits per heavy atom. The fraction of sp³-hybridized carbons (Fsp3) is 0.0769. The van der Waals surface area contributed by atoms with Crippen molar-refractivity contribution in [2.45, 2.75) is 6.10 Å². The van der Waals surface area contributed by atoms with Gasteiger partial charge < -0.3 is 0 Å². The second kappa shape index (κ2) is 5.23. The van der Waals surface area contributed by atoms with Crippen LogP contribution < -0.4 is 5.32 Å². The van der Waals surface area contributed by atoms with Crippen LogP contribution in [0.1, 0.15) is 0 Å². The molecule has 0 saturated carbocycles. The molecule has 0 bridgehead atoms. The minimum atomic E-state index is -0.705. The van der Waals surface area contributed by atoms with Crippen LogP contribution in [0.4, 0.5) is 5.69 Å². The summed E-state index contributed by atoms with van der Waals surface area (Å²) in [7, 11) is 0. The number of allylic oxidation sites excluding steroid dienone is 1. The van der Waals surface area contributed by atoms with Crippen LogP contribution in [-0.2, 0) is 4.79 Å². The van der Waals surface area contributed by atoms with Gasteiger partial charge in [-0.1, -0.05) is 0 Å². The van der Waals surface area contributed by atoms with E-state index in [0.29, 0.717) is 5.57 Å². The number of carbonyl (C=O) groups is 1. The molecule has 4 heteroatoms. The summed E-state index contributed by atoms with van der Waals surface area (Å²) < 4.78 is 0.726. The van der Waals surface area contributed by atoms with Gasteiger partial charge in [0.25, 0.3) is 0 Å². The molecule has 0 spiro atoms. The maximum atomic E-state index is 12.0. The van der Waals surface area contributed by atoms with Gasteiger partial charge in [0.2, 0.25) is 0 Å². The molecule has 3 nitrogen and oxygen atoms in total. The minimum absolute atomic E-state index is 0.228. The van der Waals surface area contributed by atoms with Crippen molar-refractivity contribution >= 4 is 31.6 Å². The predicted molar refractivity (Wildman–Crippen MR) is 69.1 cm³/mol. The predicted octanol–water partition coefficient (Wildman–Crippen LogP) is 0.823. The van der Waals surface area contributed by atoms with Crippen molar-refractivity contribution in [2.24, 2.45) is 0 Å². The summed E-state index contributed by atoms with van der Waals surface area (Å²) >= 11 is 2.81. The van der Waals surface area contributed by atoms with Gasteiger partial charge in [-0.15, -0.1) is 0 Å². The van der Waals surface area contributed by atoms with E-state index in [2.05, 4.69) is 20.9 Å².